The van der Waals surface area contributed by atoms with Gasteiger partial charge in [-0.2, -0.15) is 0 Å². The number of carbonyl (C=O) groups is 2. The van der Waals surface area contributed by atoms with Gasteiger partial charge in [-0.1, -0.05) is 6.07 Å². The molecule has 2 atom stereocenters. The molecule has 2 heterocycles. The van der Waals surface area contributed by atoms with Crippen LogP contribution in [-0.2, 0) is 11.2 Å². The molecule has 7 heteroatoms. The van der Waals surface area contributed by atoms with E-state index in [0.29, 0.717) is 0 Å². The summed E-state index contributed by atoms with van der Waals surface area (Å²) in [5.41, 5.74) is 6.27. The molecular weight excluding hydrogens is 326 g/mol. The number of aryl methyl sites for hydroxylation is 1. The topological polar surface area (TPSA) is 105 Å². The van der Waals surface area contributed by atoms with E-state index in [2.05, 4.69) is 10.3 Å². The Morgan fingerprint density at radius 1 is 1.46 bits per heavy atom. The fraction of sp³-hybridized carbons (Fsp3) is 0.353. The van der Waals surface area contributed by atoms with Gasteiger partial charge < -0.3 is 16.0 Å². The largest absolute Gasteiger partial charge is 0.365 e. The maximum absolute atomic E-state index is 12.5. The van der Waals surface area contributed by atoms with Gasteiger partial charge in [-0.25, -0.2) is 0 Å². The Hall–Kier alpha value is -2.41. The monoisotopic (exact) mass is 345 g/mol. The summed E-state index contributed by atoms with van der Waals surface area (Å²) in [6, 6.07) is 5.16. The number of pyridine rings is 1. The van der Waals surface area contributed by atoms with Crippen molar-refractivity contribution in [3.63, 3.8) is 0 Å². The highest BCUT2D eigenvalue weighted by atomic mass is 32.1. The number of amides is 2. The molecule has 2 amide bonds. The van der Waals surface area contributed by atoms with Gasteiger partial charge in [0.1, 0.15) is 5.56 Å². The highest BCUT2D eigenvalue weighted by Gasteiger charge is 2.26. The number of H-pyrrole nitrogens is 1. The van der Waals surface area contributed by atoms with E-state index >= 15 is 0 Å². The highest BCUT2D eigenvalue weighted by molar-refractivity contribution is 7.10. The van der Waals surface area contributed by atoms with Gasteiger partial charge in [0, 0.05) is 10.6 Å². The number of carbonyl (C=O) groups excluding carboxylic acids is 2. The molecule has 0 fully saturated rings. The molecule has 0 aromatic carbocycles. The standard InChI is InChI=1S/C17H19N3O3S/c1-9(14-6-3-7-24-14)16(22)19-12-4-2-5-13-10(12)8-11(15(18)21)17(23)20-13/h3,6-9,12H,2,4-5H2,1H3,(H2,18,21)(H,19,22)(H,20,23)/t9-,12-/m0/s1. The number of hydrogen-bond acceptors (Lipinski definition) is 4. The minimum Gasteiger partial charge on any atom is -0.365 e. The molecular formula is C17H19N3O3S. The zero-order valence-corrected chi connectivity index (χ0v) is 14.1. The van der Waals surface area contributed by atoms with Crippen molar-refractivity contribution >= 4 is 23.2 Å². The van der Waals surface area contributed by atoms with Crippen LogP contribution >= 0.6 is 11.3 Å². The molecule has 2 aromatic rings. The second-order valence-corrected chi connectivity index (χ2v) is 6.98. The van der Waals surface area contributed by atoms with E-state index in [4.69, 9.17) is 5.73 Å². The van der Waals surface area contributed by atoms with Crippen LogP contribution in [0, 0.1) is 0 Å². The lowest BCUT2D eigenvalue weighted by atomic mass is 9.89. The molecule has 0 saturated carbocycles. The fourth-order valence-corrected chi connectivity index (χ4v) is 3.82. The normalized spacial score (nSPS) is 17.8. The number of fused-ring (bicyclic) bond motifs is 1. The van der Waals surface area contributed by atoms with E-state index in [-0.39, 0.29) is 23.4 Å². The third kappa shape index (κ3) is 3.12. The summed E-state index contributed by atoms with van der Waals surface area (Å²) in [5, 5.41) is 4.99. The number of nitrogens with two attached hydrogens (primary N) is 1. The number of aromatic amines is 1. The predicted octanol–water partition coefficient (Wildman–Crippen LogP) is 1.83. The fourth-order valence-electron chi connectivity index (χ4n) is 3.04. The van der Waals surface area contributed by atoms with Crippen molar-refractivity contribution in [1.82, 2.24) is 10.3 Å². The minimum atomic E-state index is -0.762. The Kier molecular flexibility index (Phi) is 4.53. The summed E-state index contributed by atoms with van der Waals surface area (Å²) < 4.78 is 0. The van der Waals surface area contributed by atoms with E-state index < -0.39 is 11.5 Å². The van der Waals surface area contributed by atoms with Crippen LogP contribution in [0.3, 0.4) is 0 Å². The summed E-state index contributed by atoms with van der Waals surface area (Å²) in [4.78, 5) is 39.6. The molecule has 3 rings (SSSR count). The summed E-state index contributed by atoms with van der Waals surface area (Å²) in [7, 11) is 0. The number of rotatable bonds is 4. The van der Waals surface area contributed by atoms with Gasteiger partial charge >= 0.3 is 0 Å². The molecule has 0 saturated heterocycles. The van der Waals surface area contributed by atoms with Crippen LogP contribution < -0.4 is 16.6 Å². The lowest BCUT2D eigenvalue weighted by Gasteiger charge is -2.27. The predicted molar refractivity (Wildman–Crippen MR) is 92.1 cm³/mol. The van der Waals surface area contributed by atoms with Crippen molar-refractivity contribution in [1.29, 1.82) is 0 Å². The van der Waals surface area contributed by atoms with Gasteiger partial charge in [0.15, 0.2) is 0 Å². The van der Waals surface area contributed by atoms with Crippen molar-refractivity contribution in [2.24, 2.45) is 5.73 Å². The summed E-state index contributed by atoms with van der Waals surface area (Å²) in [6.07, 6.45) is 2.34. The lowest BCUT2D eigenvalue weighted by molar-refractivity contribution is -0.123. The molecule has 126 valence electrons. The zero-order chi connectivity index (χ0) is 17.3. The Morgan fingerprint density at radius 3 is 2.92 bits per heavy atom. The van der Waals surface area contributed by atoms with E-state index in [9.17, 15) is 14.4 Å². The summed E-state index contributed by atoms with van der Waals surface area (Å²) in [6.45, 7) is 1.87. The average Bonchev–Trinajstić information content (AvgIpc) is 3.07. The number of hydrogen-bond donors (Lipinski definition) is 3. The zero-order valence-electron chi connectivity index (χ0n) is 13.3. The van der Waals surface area contributed by atoms with Crippen LogP contribution in [-0.4, -0.2) is 16.8 Å². The summed E-state index contributed by atoms with van der Waals surface area (Å²) in [5.74, 6) is -1.07. The number of thiophene rings is 1. The first kappa shape index (κ1) is 16.4. The maximum atomic E-state index is 12.5. The Morgan fingerprint density at radius 2 is 2.25 bits per heavy atom. The van der Waals surface area contributed by atoms with Crippen LogP contribution in [0.15, 0.2) is 28.4 Å². The number of nitrogens with one attached hydrogen (secondary N) is 2. The van der Waals surface area contributed by atoms with Crippen LogP contribution in [0.2, 0.25) is 0 Å². The lowest BCUT2D eigenvalue weighted by Crippen LogP contribution is -2.35. The molecule has 1 aliphatic rings. The molecule has 1 aliphatic carbocycles. The van der Waals surface area contributed by atoms with Crippen LogP contribution in [0.4, 0.5) is 0 Å². The van der Waals surface area contributed by atoms with E-state index in [1.54, 1.807) is 11.3 Å². The van der Waals surface area contributed by atoms with Crippen LogP contribution in [0.1, 0.15) is 58.2 Å². The number of aromatic nitrogens is 1. The van der Waals surface area contributed by atoms with Crippen molar-refractivity contribution in [2.45, 2.75) is 38.1 Å². The first-order valence-corrected chi connectivity index (χ1v) is 8.75. The molecule has 2 aromatic heterocycles. The maximum Gasteiger partial charge on any atom is 0.261 e. The van der Waals surface area contributed by atoms with Gasteiger partial charge in [0.05, 0.1) is 12.0 Å². The van der Waals surface area contributed by atoms with E-state index in [1.165, 1.54) is 6.07 Å². The number of primary amides is 1. The first-order chi connectivity index (χ1) is 11.5. The molecule has 0 radical (unpaired) electrons. The van der Waals surface area contributed by atoms with Crippen LogP contribution in [0.25, 0.3) is 0 Å². The second kappa shape index (κ2) is 6.60. The summed E-state index contributed by atoms with van der Waals surface area (Å²) >= 11 is 1.55. The quantitative estimate of drug-likeness (QED) is 0.787. The average molecular weight is 345 g/mol. The van der Waals surface area contributed by atoms with Crippen molar-refractivity contribution in [2.75, 3.05) is 0 Å². The SMILES string of the molecule is C[C@H](C(=O)N[C@H]1CCCc2[nH]c(=O)c(C(N)=O)cc21)c1cccs1. The third-order valence-electron chi connectivity index (χ3n) is 4.40. The van der Waals surface area contributed by atoms with E-state index in [1.807, 2.05) is 24.4 Å². The Balaban J connectivity index is 1.86. The second-order valence-electron chi connectivity index (χ2n) is 6.00. The van der Waals surface area contributed by atoms with Crippen molar-refractivity contribution in [3.05, 3.63) is 55.6 Å². The van der Waals surface area contributed by atoms with Gasteiger partial charge in [-0.05, 0) is 49.3 Å². The third-order valence-corrected chi connectivity index (χ3v) is 5.45. The Bertz CT molecular complexity index is 826. The first-order valence-electron chi connectivity index (χ1n) is 7.87. The highest BCUT2D eigenvalue weighted by Crippen LogP contribution is 2.29. The van der Waals surface area contributed by atoms with Crippen molar-refractivity contribution < 1.29 is 9.59 Å². The van der Waals surface area contributed by atoms with Gasteiger partial charge in [0.25, 0.3) is 11.5 Å². The molecule has 6 nitrogen and oxygen atoms in total. The van der Waals surface area contributed by atoms with Crippen molar-refractivity contribution in [3.8, 4) is 0 Å². The molecule has 0 aliphatic heterocycles. The molecule has 0 spiro atoms. The molecule has 24 heavy (non-hydrogen) atoms. The smallest absolute Gasteiger partial charge is 0.261 e. The minimum absolute atomic E-state index is 0.0675. The molecule has 0 bridgehead atoms. The van der Waals surface area contributed by atoms with Gasteiger partial charge in [-0.3, -0.25) is 14.4 Å². The van der Waals surface area contributed by atoms with E-state index in [0.717, 1.165) is 35.4 Å². The molecule has 0 unspecified atom stereocenters. The van der Waals surface area contributed by atoms with Crippen LogP contribution in [0.5, 0.6) is 0 Å². The Labute approximate surface area is 143 Å². The van der Waals surface area contributed by atoms with Gasteiger partial charge in [0.2, 0.25) is 5.91 Å². The van der Waals surface area contributed by atoms with Gasteiger partial charge in [-0.15, -0.1) is 11.3 Å². The molecule has 4 N–H and O–H groups in total.